The minimum absolute atomic E-state index is 0.00609. The van der Waals surface area contributed by atoms with E-state index in [0.717, 1.165) is 12.8 Å². The molecule has 0 aromatic heterocycles. The normalized spacial score (nSPS) is 25.2. The molecule has 0 aliphatic heterocycles. The van der Waals surface area contributed by atoms with E-state index in [1.807, 2.05) is 19.6 Å². The lowest BCUT2D eigenvalue weighted by molar-refractivity contribution is -0.163. The first kappa shape index (κ1) is 14.4. The second kappa shape index (κ2) is 4.90. The Hall–Kier alpha value is -0.683. The van der Waals surface area contributed by atoms with Crippen LogP contribution in [0, 0.1) is 5.92 Å². The highest BCUT2D eigenvalue weighted by Crippen LogP contribution is 2.37. The van der Waals surface area contributed by atoms with Crippen LogP contribution in [0.5, 0.6) is 0 Å². The van der Waals surface area contributed by atoms with E-state index in [4.69, 9.17) is 4.74 Å². The quantitative estimate of drug-likeness (QED) is 0.616. The lowest BCUT2D eigenvalue weighted by atomic mass is 9.83. The van der Waals surface area contributed by atoms with Crippen LogP contribution < -0.4 is 0 Å². The maximum absolute atomic E-state index is 12.0. The van der Waals surface area contributed by atoms with Crippen molar-refractivity contribution in [2.24, 2.45) is 5.92 Å². The smallest absolute Gasteiger partial charge is 0.334 e. The Morgan fingerprint density at radius 1 is 1.41 bits per heavy atom. The van der Waals surface area contributed by atoms with Crippen LogP contribution in [0.4, 0.5) is 0 Å². The fourth-order valence-corrected chi connectivity index (χ4v) is 4.62. The van der Waals surface area contributed by atoms with E-state index in [2.05, 4.69) is 0 Å². The van der Waals surface area contributed by atoms with Crippen molar-refractivity contribution in [3.63, 3.8) is 0 Å². The van der Waals surface area contributed by atoms with Gasteiger partial charge in [0.25, 0.3) is 0 Å². The summed E-state index contributed by atoms with van der Waals surface area (Å²) in [7, 11) is -0.999. The molecule has 5 heteroatoms. The Morgan fingerprint density at radius 2 is 2.00 bits per heavy atom. The van der Waals surface area contributed by atoms with Gasteiger partial charge in [0.1, 0.15) is 5.78 Å². The van der Waals surface area contributed by atoms with Crippen molar-refractivity contribution in [2.45, 2.75) is 50.5 Å². The van der Waals surface area contributed by atoms with Crippen LogP contribution in [0.25, 0.3) is 0 Å². The fraction of sp³-hybridized carbons (Fsp3) is 0.833. The van der Waals surface area contributed by atoms with Crippen molar-refractivity contribution in [1.82, 2.24) is 0 Å². The third kappa shape index (κ3) is 2.45. The van der Waals surface area contributed by atoms with Crippen molar-refractivity contribution in [3.05, 3.63) is 0 Å². The maximum Gasteiger partial charge on any atom is 0.334 e. The predicted molar refractivity (Wildman–Crippen MR) is 67.3 cm³/mol. The van der Waals surface area contributed by atoms with Gasteiger partial charge in [-0.3, -0.25) is 4.79 Å². The van der Waals surface area contributed by atoms with E-state index in [1.165, 1.54) is 7.11 Å². The number of carbonyl (C=O) groups is 2. The molecular weight excluding hydrogens is 236 g/mol. The van der Waals surface area contributed by atoms with Crippen molar-refractivity contribution >= 4 is 19.8 Å². The first-order valence-electron chi connectivity index (χ1n) is 6.08. The van der Waals surface area contributed by atoms with Crippen LogP contribution in [0.1, 0.15) is 25.7 Å². The highest BCUT2D eigenvalue weighted by molar-refractivity contribution is 6.82. The minimum atomic E-state index is -2.26. The monoisotopic (exact) mass is 258 g/mol. The summed E-state index contributed by atoms with van der Waals surface area (Å²) in [4.78, 5) is 23.9. The lowest BCUT2D eigenvalue weighted by Crippen LogP contribution is -2.65. The standard InChI is InChI=1S/C12H22O4Si/c1-16-11(14)12(15,17(2,3)4)9-7-5-6-8-10(9)13/h9,15H,5-8H2,1-4H3. The summed E-state index contributed by atoms with van der Waals surface area (Å²) in [5, 5.41) is 9.19. The Kier molecular flexibility index (Phi) is 4.14. The average Bonchev–Trinajstić information content (AvgIpc) is 2.26. The number of rotatable bonds is 3. The highest BCUT2D eigenvalue weighted by atomic mass is 28.3. The zero-order valence-electron chi connectivity index (χ0n) is 11.1. The number of carbonyl (C=O) groups excluding carboxylic acids is 2. The number of Topliss-reactive ketones (excluding diaryl/α,β-unsaturated/α-hetero) is 1. The summed E-state index contributed by atoms with van der Waals surface area (Å²) >= 11 is 0. The van der Waals surface area contributed by atoms with E-state index in [-0.39, 0.29) is 5.78 Å². The number of hydrogen-bond acceptors (Lipinski definition) is 4. The second-order valence-electron chi connectivity index (χ2n) is 5.77. The maximum atomic E-state index is 12.0. The van der Waals surface area contributed by atoms with Crippen LogP contribution in [-0.2, 0) is 14.3 Å². The Labute approximate surface area is 103 Å². The van der Waals surface area contributed by atoms with Crippen LogP contribution in [0.15, 0.2) is 0 Å². The Bertz CT molecular complexity index is 321. The molecule has 1 aliphatic rings. The van der Waals surface area contributed by atoms with Crippen molar-refractivity contribution in [2.75, 3.05) is 7.11 Å². The molecule has 0 heterocycles. The van der Waals surface area contributed by atoms with Gasteiger partial charge in [-0.05, 0) is 12.8 Å². The number of ketones is 1. The molecule has 1 N–H and O–H groups in total. The summed E-state index contributed by atoms with van der Waals surface area (Å²) in [5.74, 6) is -1.21. The topological polar surface area (TPSA) is 63.6 Å². The first-order valence-corrected chi connectivity index (χ1v) is 9.58. The molecule has 0 aromatic rings. The third-order valence-electron chi connectivity index (χ3n) is 3.70. The summed E-state index contributed by atoms with van der Waals surface area (Å²) < 4.78 is 4.74. The van der Waals surface area contributed by atoms with Gasteiger partial charge in [-0.25, -0.2) is 4.79 Å². The van der Waals surface area contributed by atoms with E-state index in [1.54, 1.807) is 0 Å². The zero-order valence-corrected chi connectivity index (χ0v) is 12.1. The van der Waals surface area contributed by atoms with E-state index in [9.17, 15) is 14.7 Å². The summed E-state index contributed by atoms with van der Waals surface area (Å²) in [6.45, 7) is 5.68. The van der Waals surface area contributed by atoms with Crippen LogP contribution in [0.2, 0.25) is 19.6 Å². The molecule has 17 heavy (non-hydrogen) atoms. The molecule has 98 valence electrons. The van der Waals surface area contributed by atoms with Crippen molar-refractivity contribution < 1.29 is 19.4 Å². The second-order valence-corrected chi connectivity index (χ2v) is 11.0. The molecule has 0 spiro atoms. The number of hydrogen-bond donors (Lipinski definition) is 1. The molecule has 4 nitrogen and oxygen atoms in total. The molecule has 0 aromatic carbocycles. The summed E-state index contributed by atoms with van der Waals surface area (Å²) in [6, 6.07) is 0. The van der Waals surface area contributed by atoms with Crippen LogP contribution >= 0.6 is 0 Å². The number of ether oxygens (including phenoxy) is 1. The van der Waals surface area contributed by atoms with Gasteiger partial charge in [0.2, 0.25) is 0 Å². The van der Waals surface area contributed by atoms with Gasteiger partial charge in [-0.1, -0.05) is 26.1 Å². The van der Waals surface area contributed by atoms with Gasteiger partial charge in [0.15, 0.2) is 5.22 Å². The molecule has 1 rings (SSSR count). The SMILES string of the molecule is COC(=O)C(O)(C1CCCCC1=O)[Si](C)(C)C. The zero-order chi connectivity index (χ0) is 13.3. The van der Waals surface area contributed by atoms with Gasteiger partial charge in [-0.15, -0.1) is 0 Å². The van der Waals surface area contributed by atoms with Crippen LogP contribution in [-0.4, -0.2) is 37.3 Å². The third-order valence-corrected chi connectivity index (χ3v) is 6.54. The fourth-order valence-electron chi connectivity index (χ4n) is 2.55. The molecular formula is C12H22O4Si. The summed E-state index contributed by atoms with van der Waals surface area (Å²) in [6.07, 6.45) is 2.81. The van der Waals surface area contributed by atoms with Gasteiger partial charge in [0, 0.05) is 6.42 Å². The van der Waals surface area contributed by atoms with E-state index < -0.39 is 25.2 Å². The molecule has 0 saturated heterocycles. The molecule has 2 atom stereocenters. The Morgan fingerprint density at radius 3 is 2.41 bits per heavy atom. The predicted octanol–water partition coefficient (Wildman–Crippen LogP) is 1.53. The van der Waals surface area contributed by atoms with E-state index in [0.29, 0.717) is 12.8 Å². The van der Waals surface area contributed by atoms with Gasteiger partial charge >= 0.3 is 5.97 Å². The molecule has 1 fully saturated rings. The summed E-state index contributed by atoms with van der Waals surface area (Å²) in [5.41, 5.74) is 0. The number of aliphatic hydroxyl groups is 1. The molecule has 1 aliphatic carbocycles. The highest BCUT2D eigenvalue weighted by Gasteiger charge is 2.57. The van der Waals surface area contributed by atoms with Gasteiger partial charge in [-0.2, -0.15) is 0 Å². The van der Waals surface area contributed by atoms with Gasteiger partial charge < -0.3 is 9.84 Å². The Balaban J connectivity index is 3.14. The van der Waals surface area contributed by atoms with E-state index >= 15 is 0 Å². The van der Waals surface area contributed by atoms with Gasteiger partial charge in [0.05, 0.1) is 21.1 Å². The van der Waals surface area contributed by atoms with Crippen molar-refractivity contribution in [1.29, 1.82) is 0 Å². The molecule has 2 unspecified atom stereocenters. The number of methoxy groups -OCH3 is 1. The molecule has 1 saturated carbocycles. The molecule has 0 bridgehead atoms. The van der Waals surface area contributed by atoms with Crippen molar-refractivity contribution in [3.8, 4) is 0 Å². The van der Waals surface area contributed by atoms with Crippen LogP contribution in [0.3, 0.4) is 0 Å². The first-order chi connectivity index (χ1) is 7.75. The largest absolute Gasteiger partial charge is 0.467 e. The average molecular weight is 258 g/mol. The molecule has 0 radical (unpaired) electrons. The molecule has 0 amide bonds. The lowest BCUT2D eigenvalue weighted by Gasteiger charge is -2.42. The number of esters is 1. The minimum Gasteiger partial charge on any atom is -0.467 e.